The topological polar surface area (TPSA) is 84.9 Å². The molecule has 3 aromatic rings. The normalized spacial score (nSPS) is 13.8. The van der Waals surface area contributed by atoms with E-state index in [1.54, 1.807) is 24.3 Å². The molecule has 0 saturated carbocycles. The lowest BCUT2D eigenvalue weighted by atomic mass is 10.2. The molecule has 0 unspecified atom stereocenters. The summed E-state index contributed by atoms with van der Waals surface area (Å²) in [5, 5.41) is 13.6. The maximum absolute atomic E-state index is 12.6. The van der Waals surface area contributed by atoms with Crippen LogP contribution in [0.3, 0.4) is 0 Å². The lowest BCUT2D eigenvalue weighted by Crippen LogP contribution is -2.67. The number of carbonyl (C=O) groups is 2. The number of hydrogen-bond donors (Lipinski definition) is 2. The van der Waals surface area contributed by atoms with Crippen molar-refractivity contribution in [2.75, 3.05) is 6.61 Å². The van der Waals surface area contributed by atoms with E-state index in [0.29, 0.717) is 0 Å². The summed E-state index contributed by atoms with van der Waals surface area (Å²) >= 11 is 0. The first-order valence-electron chi connectivity index (χ1n) is 12.4. The van der Waals surface area contributed by atoms with Gasteiger partial charge in [-0.3, -0.25) is 4.79 Å². The molecule has 0 radical (unpaired) electrons. The summed E-state index contributed by atoms with van der Waals surface area (Å²) in [6, 6.07) is 26.9. The zero-order valence-corrected chi connectivity index (χ0v) is 21.2. The second kappa shape index (κ2) is 11.8. The molecule has 7 heteroatoms. The maximum atomic E-state index is 12.6. The van der Waals surface area contributed by atoms with Gasteiger partial charge in [-0.2, -0.15) is 0 Å². The van der Waals surface area contributed by atoms with Crippen LogP contribution in [0.2, 0.25) is 5.04 Å². The number of amides is 1. The molecule has 35 heavy (non-hydrogen) atoms. The molecule has 0 spiro atoms. The molecule has 0 fully saturated rings. The summed E-state index contributed by atoms with van der Waals surface area (Å²) in [5.41, 5.74) is 0.749. The standard InChI is InChI=1S/C28H33NO5Si/c1-28(2,3)35(24-15-9-5-10-16-24,25-17-11-6-12-18-25)34-21-23(19-26(30)31)29-27(32)33-20-22-13-7-4-8-14-22/h4-18,23H,19-21H2,1-3H3,(H,29,32)(H,30,31)/t23-/m0/s1/i19D2. The van der Waals surface area contributed by atoms with Crippen molar-refractivity contribution in [1.82, 2.24) is 5.32 Å². The van der Waals surface area contributed by atoms with Crippen molar-refractivity contribution in [2.45, 2.75) is 44.8 Å². The highest BCUT2D eigenvalue weighted by Gasteiger charge is 2.50. The van der Waals surface area contributed by atoms with Crippen LogP contribution in [0.1, 0.15) is 35.4 Å². The number of carbonyl (C=O) groups excluding carboxylic acids is 1. The van der Waals surface area contributed by atoms with Crippen LogP contribution in [-0.4, -0.2) is 38.1 Å². The summed E-state index contributed by atoms with van der Waals surface area (Å²) in [4.78, 5) is 24.5. The molecule has 1 atom stereocenters. The summed E-state index contributed by atoms with van der Waals surface area (Å²) in [5.74, 6) is -1.70. The fourth-order valence-corrected chi connectivity index (χ4v) is 8.72. The molecule has 0 saturated heterocycles. The van der Waals surface area contributed by atoms with Gasteiger partial charge in [0, 0.05) is 2.74 Å². The van der Waals surface area contributed by atoms with Crippen LogP contribution in [0.5, 0.6) is 0 Å². The van der Waals surface area contributed by atoms with Gasteiger partial charge in [-0.1, -0.05) is 112 Å². The van der Waals surface area contributed by atoms with Crippen LogP contribution in [0.4, 0.5) is 4.79 Å². The molecule has 0 aromatic heterocycles. The van der Waals surface area contributed by atoms with Crippen molar-refractivity contribution in [3.63, 3.8) is 0 Å². The van der Waals surface area contributed by atoms with E-state index in [2.05, 4.69) is 26.1 Å². The quantitative estimate of drug-likeness (QED) is 0.411. The summed E-state index contributed by atoms with van der Waals surface area (Å²) in [6.07, 6.45) is -3.73. The molecule has 3 rings (SSSR count). The number of carboxylic acid groups (broad SMARTS) is 1. The Morgan fingerprint density at radius 2 is 1.40 bits per heavy atom. The van der Waals surface area contributed by atoms with E-state index in [1.807, 2.05) is 66.7 Å². The monoisotopic (exact) mass is 493 g/mol. The summed E-state index contributed by atoms with van der Waals surface area (Å²) in [6.45, 7) is 5.77. The molecule has 2 N–H and O–H groups in total. The lowest BCUT2D eigenvalue weighted by molar-refractivity contribution is -0.137. The van der Waals surface area contributed by atoms with E-state index >= 15 is 0 Å². The van der Waals surface area contributed by atoms with E-state index in [4.69, 9.17) is 11.9 Å². The van der Waals surface area contributed by atoms with Crippen LogP contribution in [0, 0.1) is 0 Å². The number of benzene rings is 3. The van der Waals surface area contributed by atoms with Gasteiger partial charge in [0.15, 0.2) is 0 Å². The van der Waals surface area contributed by atoms with E-state index < -0.39 is 37.8 Å². The molecule has 0 heterocycles. The third kappa shape index (κ3) is 6.80. The van der Waals surface area contributed by atoms with E-state index in [-0.39, 0.29) is 13.2 Å². The molecule has 3 aromatic carbocycles. The highest BCUT2D eigenvalue weighted by molar-refractivity contribution is 6.99. The number of aliphatic carboxylic acids is 1. The van der Waals surface area contributed by atoms with Gasteiger partial charge in [0.05, 0.1) is 19.0 Å². The first-order valence-corrected chi connectivity index (χ1v) is 13.3. The second-order valence-corrected chi connectivity index (χ2v) is 13.5. The molecular formula is C28H33NO5Si. The first-order chi connectivity index (χ1) is 17.5. The molecule has 0 aliphatic rings. The van der Waals surface area contributed by atoms with Crippen molar-refractivity contribution < 1.29 is 26.6 Å². The minimum absolute atomic E-state index is 0.0367. The van der Waals surface area contributed by atoms with Crippen LogP contribution in [0.15, 0.2) is 91.0 Å². The third-order valence-electron chi connectivity index (χ3n) is 5.69. The Morgan fingerprint density at radius 1 is 0.914 bits per heavy atom. The van der Waals surface area contributed by atoms with Crippen molar-refractivity contribution in [3.8, 4) is 0 Å². The third-order valence-corrected chi connectivity index (χ3v) is 10.7. The van der Waals surface area contributed by atoms with Gasteiger partial charge in [-0.05, 0) is 21.0 Å². The fourth-order valence-electron chi connectivity index (χ4n) is 4.15. The van der Waals surface area contributed by atoms with Crippen LogP contribution in [0.25, 0.3) is 0 Å². The first kappa shape index (κ1) is 23.3. The van der Waals surface area contributed by atoms with Gasteiger partial charge in [0.25, 0.3) is 8.32 Å². The number of rotatable bonds is 10. The molecule has 1 amide bonds. The van der Waals surface area contributed by atoms with Gasteiger partial charge in [-0.25, -0.2) is 4.79 Å². The Morgan fingerprint density at radius 3 is 1.86 bits per heavy atom. The Balaban J connectivity index is 1.94. The van der Waals surface area contributed by atoms with Gasteiger partial charge in [-0.15, -0.1) is 0 Å². The molecule has 6 nitrogen and oxygen atoms in total. The number of ether oxygens (including phenoxy) is 1. The van der Waals surface area contributed by atoms with Gasteiger partial charge in [0.2, 0.25) is 0 Å². The minimum atomic E-state index is -3.10. The molecular weight excluding hydrogens is 458 g/mol. The molecule has 184 valence electrons. The number of alkyl carbamates (subject to hydrolysis) is 1. The average molecular weight is 494 g/mol. The SMILES string of the molecule is [2H]C([2H])(C(=O)O)[C@@H](CO[Si](c1ccccc1)(c1ccccc1)C(C)(C)C)NC(=O)OCc1ccccc1. The zero-order valence-electron chi connectivity index (χ0n) is 22.2. The van der Waals surface area contributed by atoms with Gasteiger partial charge >= 0.3 is 12.1 Å². The number of carboxylic acids is 1. The smallest absolute Gasteiger partial charge is 0.407 e. The number of nitrogens with one attached hydrogen (secondary N) is 1. The predicted molar refractivity (Wildman–Crippen MR) is 139 cm³/mol. The highest BCUT2D eigenvalue weighted by atomic mass is 28.4. The van der Waals surface area contributed by atoms with Crippen molar-refractivity contribution in [3.05, 3.63) is 96.6 Å². The Kier molecular flexibility index (Phi) is 7.88. The largest absolute Gasteiger partial charge is 0.481 e. The second-order valence-electron chi connectivity index (χ2n) is 9.18. The molecule has 0 aliphatic heterocycles. The summed E-state index contributed by atoms with van der Waals surface area (Å²) < 4.78 is 28.4. The highest BCUT2D eigenvalue weighted by Crippen LogP contribution is 2.36. The molecule has 0 bridgehead atoms. The van der Waals surface area contributed by atoms with Crippen molar-refractivity contribution >= 4 is 30.8 Å². The Labute approximate surface area is 210 Å². The van der Waals surface area contributed by atoms with Crippen LogP contribution < -0.4 is 15.7 Å². The van der Waals surface area contributed by atoms with Crippen LogP contribution >= 0.6 is 0 Å². The van der Waals surface area contributed by atoms with E-state index in [1.165, 1.54) is 0 Å². The minimum Gasteiger partial charge on any atom is -0.481 e. The maximum Gasteiger partial charge on any atom is 0.407 e. The summed E-state index contributed by atoms with van der Waals surface area (Å²) in [7, 11) is -3.10. The van der Waals surface area contributed by atoms with E-state index in [0.717, 1.165) is 15.9 Å². The Bertz CT molecular complexity index is 1130. The fraction of sp³-hybridized carbons (Fsp3) is 0.286. The van der Waals surface area contributed by atoms with Crippen molar-refractivity contribution in [1.29, 1.82) is 0 Å². The van der Waals surface area contributed by atoms with Gasteiger partial charge in [0.1, 0.15) is 6.61 Å². The number of hydrogen-bond acceptors (Lipinski definition) is 4. The molecule has 0 aliphatic carbocycles. The zero-order chi connectivity index (χ0) is 27.1. The van der Waals surface area contributed by atoms with Gasteiger partial charge < -0.3 is 19.6 Å². The van der Waals surface area contributed by atoms with Crippen LogP contribution in [-0.2, 0) is 20.6 Å². The predicted octanol–water partition coefficient (Wildman–Crippen LogP) is 4.33. The van der Waals surface area contributed by atoms with E-state index in [9.17, 15) is 14.7 Å². The Hall–Kier alpha value is -3.42. The average Bonchev–Trinajstić information content (AvgIpc) is 2.88. The lowest BCUT2D eigenvalue weighted by Gasteiger charge is -2.43. The van der Waals surface area contributed by atoms with Crippen molar-refractivity contribution in [2.24, 2.45) is 0 Å².